The molecule has 0 unspecified atom stereocenters. The van der Waals surface area contributed by atoms with E-state index in [1.807, 2.05) is 0 Å². The highest BCUT2D eigenvalue weighted by molar-refractivity contribution is 6.68. The molecular formula is C14H9BF6O. The third-order valence-electron chi connectivity index (χ3n) is 3.27. The van der Waals surface area contributed by atoms with Crippen LogP contribution in [0.1, 0.15) is 5.56 Å². The molecule has 22 heavy (non-hydrogen) atoms. The summed E-state index contributed by atoms with van der Waals surface area (Å²) < 4.78 is 86.3. The van der Waals surface area contributed by atoms with Gasteiger partial charge in [-0.3, -0.25) is 0 Å². The molecule has 0 atom stereocenters. The fraction of sp³-hybridized carbons (Fsp3) is 0.143. The molecule has 116 valence electrons. The number of ether oxygens (including phenoxy) is 1. The monoisotopic (exact) mass is 318 g/mol. The Labute approximate surface area is 122 Å². The van der Waals surface area contributed by atoms with E-state index in [0.717, 1.165) is 20.1 Å². The average molecular weight is 318 g/mol. The molecule has 0 saturated carbocycles. The number of halogens is 6. The molecule has 0 amide bonds. The lowest BCUT2D eigenvalue weighted by atomic mass is 9.62. The maximum Gasteiger partial charge on any atom is 0.209 e. The molecule has 0 aliphatic carbocycles. The molecule has 0 heterocycles. The van der Waals surface area contributed by atoms with Gasteiger partial charge in [-0.2, -0.15) is 0 Å². The number of hydrogen-bond donors (Lipinski definition) is 0. The van der Waals surface area contributed by atoms with Gasteiger partial charge in [-0.1, -0.05) is 0 Å². The topological polar surface area (TPSA) is 9.23 Å². The molecular weight excluding hydrogens is 309 g/mol. The molecule has 0 spiro atoms. The van der Waals surface area contributed by atoms with Crippen molar-refractivity contribution < 1.29 is 31.1 Å². The van der Waals surface area contributed by atoms with Gasteiger partial charge in [-0.25, -0.2) is 26.3 Å². The lowest BCUT2D eigenvalue weighted by Gasteiger charge is -2.12. The third-order valence-corrected chi connectivity index (χ3v) is 3.27. The molecule has 0 saturated heterocycles. The summed E-state index contributed by atoms with van der Waals surface area (Å²) in [5, 5.41) is 0. The fourth-order valence-electron chi connectivity index (χ4n) is 2.05. The second-order valence-corrected chi connectivity index (χ2v) is 4.60. The van der Waals surface area contributed by atoms with Crippen LogP contribution in [0.15, 0.2) is 12.1 Å². The normalized spacial score (nSPS) is 10.7. The molecule has 0 radical (unpaired) electrons. The minimum Gasteiger partial charge on any atom is -0.497 e. The second kappa shape index (κ2) is 5.94. The van der Waals surface area contributed by atoms with Crippen molar-refractivity contribution in [3.05, 3.63) is 52.6 Å². The van der Waals surface area contributed by atoms with Gasteiger partial charge in [-0.05, 0) is 17.8 Å². The molecule has 2 aromatic rings. The van der Waals surface area contributed by atoms with Crippen LogP contribution in [-0.4, -0.2) is 14.4 Å². The smallest absolute Gasteiger partial charge is 0.209 e. The van der Waals surface area contributed by atoms with Crippen LogP contribution in [0.2, 0.25) is 0 Å². The van der Waals surface area contributed by atoms with Crippen molar-refractivity contribution in [3.63, 3.8) is 0 Å². The average Bonchev–Trinajstić information content (AvgIpc) is 2.48. The van der Waals surface area contributed by atoms with Gasteiger partial charge in [0.2, 0.25) is 7.28 Å². The first-order chi connectivity index (χ1) is 10.3. The lowest BCUT2D eigenvalue weighted by Crippen LogP contribution is -2.37. The van der Waals surface area contributed by atoms with Gasteiger partial charge in [-0.15, -0.1) is 0 Å². The largest absolute Gasteiger partial charge is 0.497 e. The quantitative estimate of drug-likeness (QED) is 0.479. The van der Waals surface area contributed by atoms with Crippen molar-refractivity contribution in [2.45, 2.75) is 6.92 Å². The summed E-state index contributed by atoms with van der Waals surface area (Å²) in [4.78, 5) is 0. The Balaban J connectivity index is 2.62. The van der Waals surface area contributed by atoms with Crippen LogP contribution < -0.4 is 15.7 Å². The van der Waals surface area contributed by atoms with Crippen molar-refractivity contribution >= 4 is 18.2 Å². The van der Waals surface area contributed by atoms with Crippen LogP contribution in [0.5, 0.6) is 5.75 Å². The maximum atomic E-state index is 13.8. The van der Waals surface area contributed by atoms with Gasteiger partial charge in [0, 0.05) is 17.7 Å². The minimum absolute atomic E-state index is 0.322. The summed E-state index contributed by atoms with van der Waals surface area (Å²) in [5.41, 5.74) is -2.22. The van der Waals surface area contributed by atoms with Crippen molar-refractivity contribution in [1.82, 2.24) is 0 Å². The molecule has 0 fully saturated rings. The van der Waals surface area contributed by atoms with Gasteiger partial charge < -0.3 is 4.74 Å². The molecule has 2 aromatic carbocycles. The fourth-order valence-corrected chi connectivity index (χ4v) is 2.05. The van der Waals surface area contributed by atoms with Gasteiger partial charge in [0.1, 0.15) is 17.4 Å². The highest BCUT2D eigenvalue weighted by Crippen LogP contribution is 2.18. The van der Waals surface area contributed by atoms with Crippen LogP contribution in [0.4, 0.5) is 26.3 Å². The molecule has 0 bridgehead atoms. The van der Waals surface area contributed by atoms with Gasteiger partial charge >= 0.3 is 0 Å². The number of rotatable bonds is 3. The summed E-state index contributed by atoms with van der Waals surface area (Å²) in [6, 6.07) is 1.28. The van der Waals surface area contributed by atoms with E-state index in [9.17, 15) is 26.3 Å². The molecule has 0 aliphatic rings. The highest BCUT2D eigenvalue weighted by atomic mass is 19.2. The summed E-state index contributed by atoms with van der Waals surface area (Å²) in [6.45, 7) is 0.875. The van der Waals surface area contributed by atoms with E-state index in [0.29, 0.717) is 6.07 Å². The van der Waals surface area contributed by atoms with E-state index in [1.54, 1.807) is 0 Å². The molecule has 0 aromatic heterocycles. The Morgan fingerprint density at radius 2 is 1.36 bits per heavy atom. The Morgan fingerprint density at radius 1 is 0.818 bits per heavy atom. The van der Waals surface area contributed by atoms with Gasteiger partial charge in [0.15, 0.2) is 23.3 Å². The van der Waals surface area contributed by atoms with Crippen LogP contribution >= 0.6 is 0 Å². The molecule has 0 N–H and O–H groups in total. The van der Waals surface area contributed by atoms with E-state index < -0.39 is 58.7 Å². The SMILES string of the molecule is COc1cc(F)cc(F)c1Bc1c(F)c(F)c(C)c(F)c1F. The predicted molar refractivity (Wildman–Crippen MR) is 70.3 cm³/mol. The first-order valence-corrected chi connectivity index (χ1v) is 6.11. The summed E-state index contributed by atoms with van der Waals surface area (Å²) in [6.07, 6.45) is 0. The maximum absolute atomic E-state index is 13.8. The minimum atomic E-state index is -1.62. The van der Waals surface area contributed by atoms with E-state index in [4.69, 9.17) is 4.74 Å². The van der Waals surface area contributed by atoms with Gasteiger partial charge in [0.05, 0.1) is 7.11 Å². The summed E-state index contributed by atoms with van der Waals surface area (Å²) >= 11 is 0. The Morgan fingerprint density at radius 3 is 1.86 bits per heavy atom. The van der Waals surface area contributed by atoms with E-state index in [2.05, 4.69) is 0 Å². The van der Waals surface area contributed by atoms with Crippen molar-refractivity contribution in [2.75, 3.05) is 7.11 Å². The molecule has 1 nitrogen and oxygen atoms in total. The molecule has 2 rings (SSSR count). The molecule has 8 heteroatoms. The summed E-state index contributed by atoms with van der Waals surface area (Å²) in [7, 11) is 0.266. The van der Waals surface area contributed by atoms with Crippen molar-refractivity contribution in [2.24, 2.45) is 0 Å². The van der Waals surface area contributed by atoms with E-state index >= 15 is 0 Å². The third kappa shape index (κ3) is 2.65. The first-order valence-electron chi connectivity index (χ1n) is 6.11. The number of hydrogen-bond acceptors (Lipinski definition) is 1. The van der Waals surface area contributed by atoms with E-state index in [1.165, 1.54) is 0 Å². The zero-order chi connectivity index (χ0) is 16.6. The zero-order valence-corrected chi connectivity index (χ0v) is 11.5. The summed E-state index contributed by atoms with van der Waals surface area (Å²) in [5.74, 6) is -8.79. The van der Waals surface area contributed by atoms with Crippen LogP contribution in [0.25, 0.3) is 0 Å². The predicted octanol–water partition coefficient (Wildman–Crippen LogP) is 2.23. The zero-order valence-electron chi connectivity index (χ0n) is 11.5. The number of methoxy groups -OCH3 is 1. The van der Waals surface area contributed by atoms with Crippen molar-refractivity contribution in [3.8, 4) is 5.75 Å². The van der Waals surface area contributed by atoms with E-state index in [-0.39, 0.29) is 5.75 Å². The molecule has 0 aliphatic heterocycles. The standard InChI is InChI=1S/C14H9BF6O/c1-5-11(18)13(20)10(14(21)12(5)19)15-9-7(17)3-6(16)4-8(9)22-2/h3-4,15H,1-2H3. The Bertz CT molecular complexity index is 718. The lowest BCUT2D eigenvalue weighted by molar-refractivity contribution is 0.411. The highest BCUT2D eigenvalue weighted by Gasteiger charge is 2.26. The first kappa shape index (κ1) is 16.3. The second-order valence-electron chi connectivity index (χ2n) is 4.60. The number of benzene rings is 2. The van der Waals surface area contributed by atoms with Crippen LogP contribution in [0, 0.1) is 41.8 Å². The van der Waals surface area contributed by atoms with Crippen molar-refractivity contribution in [1.29, 1.82) is 0 Å². The Hall–Kier alpha value is -2.12. The van der Waals surface area contributed by atoms with Gasteiger partial charge in [0.25, 0.3) is 0 Å². The Kier molecular flexibility index (Phi) is 4.39. The van der Waals surface area contributed by atoms with Crippen LogP contribution in [0.3, 0.4) is 0 Å². The van der Waals surface area contributed by atoms with Crippen LogP contribution in [-0.2, 0) is 0 Å².